The summed E-state index contributed by atoms with van der Waals surface area (Å²) >= 11 is 3.42. The second kappa shape index (κ2) is 5.67. The molecular weight excluding hydrogens is 396 g/mol. The van der Waals surface area contributed by atoms with Gasteiger partial charge in [-0.25, -0.2) is 8.42 Å². The molecule has 4 heterocycles. The maximum atomic E-state index is 13.2. The van der Waals surface area contributed by atoms with Crippen molar-refractivity contribution in [3.05, 3.63) is 28.3 Å². The van der Waals surface area contributed by atoms with Crippen molar-refractivity contribution in [3.63, 3.8) is 0 Å². The van der Waals surface area contributed by atoms with Crippen molar-refractivity contribution in [2.24, 2.45) is 0 Å². The number of fused-ring (bicyclic) bond motifs is 2. The summed E-state index contributed by atoms with van der Waals surface area (Å²) in [6.07, 6.45) is 7.09. The Kier molecular flexibility index (Phi) is 3.85. The molecule has 2 aliphatic rings. The van der Waals surface area contributed by atoms with Crippen molar-refractivity contribution in [2.75, 3.05) is 0 Å². The van der Waals surface area contributed by atoms with Gasteiger partial charge in [0.25, 0.3) is 0 Å². The zero-order valence-corrected chi connectivity index (χ0v) is 15.9. The summed E-state index contributed by atoms with van der Waals surface area (Å²) in [6.45, 7) is 3.34. The zero-order valence-electron chi connectivity index (χ0n) is 13.5. The van der Waals surface area contributed by atoms with E-state index in [2.05, 4.69) is 26.2 Å². The Morgan fingerprint density at radius 3 is 2.38 bits per heavy atom. The molecule has 0 spiro atoms. The van der Waals surface area contributed by atoms with Gasteiger partial charge in [0.2, 0.25) is 10.0 Å². The fourth-order valence-corrected chi connectivity index (χ4v) is 6.67. The molecule has 9 heteroatoms. The quantitative estimate of drug-likeness (QED) is 0.770. The molecule has 2 fully saturated rings. The third-order valence-corrected chi connectivity index (χ3v) is 7.75. The van der Waals surface area contributed by atoms with Crippen LogP contribution in [0.5, 0.6) is 0 Å². The van der Waals surface area contributed by atoms with Crippen LogP contribution in [-0.2, 0) is 10.0 Å². The van der Waals surface area contributed by atoms with E-state index in [-0.39, 0.29) is 23.0 Å². The van der Waals surface area contributed by atoms with Gasteiger partial charge in [-0.1, -0.05) is 5.16 Å². The molecule has 0 aliphatic carbocycles. The predicted molar refractivity (Wildman–Crippen MR) is 90.0 cm³/mol. The van der Waals surface area contributed by atoms with E-state index in [1.807, 2.05) is 10.9 Å². The van der Waals surface area contributed by atoms with Crippen LogP contribution in [-0.4, -0.2) is 39.7 Å². The molecule has 2 unspecified atom stereocenters. The molecule has 2 saturated heterocycles. The fraction of sp³-hybridized carbons (Fsp3) is 0.600. The number of aryl methyl sites for hydroxylation is 2. The maximum Gasteiger partial charge on any atom is 0.248 e. The van der Waals surface area contributed by atoms with E-state index in [1.165, 1.54) is 0 Å². The van der Waals surface area contributed by atoms with Crippen LogP contribution in [0.3, 0.4) is 0 Å². The summed E-state index contributed by atoms with van der Waals surface area (Å²) in [5.74, 6) is 0.366. The smallest absolute Gasteiger partial charge is 0.248 e. The molecule has 0 saturated carbocycles. The van der Waals surface area contributed by atoms with Crippen molar-refractivity contribution in [3.8, 4) is 0 Å². The summed E-state index contributed by atoms with van der Waals surface area (Å²) in [5, 5.41) is 8.19. The molecule has 2 aromatic rings. The van der Waals surface area contributed by atoms with Crippen LogP contribution in [0.25, 0.3) is 0 Å². The molecule has 2 atom stereocenters. The Bertz CT molecular complexity index is 842. The van der Waals surface area contributed by atoms with Crippen molar-refractivity contribution in [1.29, 1.82) is 0 Å². The SMILES string of the molecule is Cc1noc(C)c1S(=O)(=O)N1C2CCC1CC(n1cc(Br)cn1)C2. The van der Waals surface area contributed by atoms with Crippen molar-refractivity contribution < 1.29 is 12.9 Å². The first kappa shape index (κ1) is 16.3. The van der Waals surface area contributed by atoms with Gasteiger partial charge in [-0.05, 0) is 55.5 Å². The van der Waals surface area contributed by atoms with Crippen LogP contribution in [0.15, 0.2) is 26.3 Å². The number of sulfonamides is 1. The van der Waals surface area contributed by atoms with Gasteiger partial charge in [-0.2, -0.15) is 9.40 Å². The Morgan fingerprint density at radius 2 is 1.88 bits per heavy atom. The molecule has 4 rings (SSSR count). The zero-order chi connectivity index (χ0) is 17.1. The van der Waals surface area contributed by atoms with Gasteiger partial charge in [0.05, 0.1) is 16.7 Å². The van der Waals surface area contributed by atoms with Gasteiger partial charge in [-0.15, -0.1) is 0 Å². The van der Waals surface area contributed by atoms with E-state index < -0.39 is 10.0 Å². The number of aromatic nitrogens is 3. The van der Waals surface area contributed by atoms with Gasteiger partial charge < -0.3 is 4.52 Å². The Morgan fingerprint density at radius 1 is 1.21 bits per heavy atom. The molecule has 2 aromatic heterocycles. The second-order valence-corrected chi connectivity index (χ2v) is 9.33. The molecular formula is C15H19BrN4O3S. The molecule has 0 amide bonds. The third-order valence-electron chi connectivity index (χ3n) is 5.09. The van der Waals surface area contributed by atoms with E-state index in [4.69, 9.17) is 4.52 Å². The number of nitrogens with zero attached hydrogens (tertiary/aromatic N) is 4. The van der Waals surface area contributed by atoms with Crippen LogP contribution in [0.2, 0.25) is 0 Å². The lowest BCUT2D eigenvalue weighted by Crippen LogP contribution is -2.47. The van der Waals surface area contributed by atoms with Crippen molar-refractivity contribution in [2.45, 2.75) is 62.6 Å². The summed E-state index contributed by atoms with van der Waals surface area (Å²) in [5.41, 5.74) is 0.435. The maximum absolute atomic E-state index is 13.2. The van der Waals surface area contributed by atoms with Crippen LogP contribution in [0.4, 0.5) is 0 Å². The van der Waals surface area contributed by atoms with E-state index in [0.29, 0.717) is 11.5 Å². The van der Waals surface area contributed by atoms with Crippen LogP contribution in [0, 0.1) is 13.8 Å². The summed E-state index contributed by atoms with van der Waals surface area (Å²) < 4.78 is 36.1. The summed E-state index contributed by atoms with van der Waals surface area (Å²) in [4.78, 5) is 0.236. The minimum atomic E-state index is -3.58. The predicted octanol–water partition coefficient (Wildman–Crippen LogP) is 2.81. The summed E-state index contributed by atoms with van der Waals surface area (Å²) in [7, 11) is -3.58. The molecule has 2 bridgehead atoms. The number of hydrogen-bond donors (Lipinski definition) is 0. The van der Waals surface area contributed by atoms with Crippen molar-refractivity contribution >= 4 is 26.0 Å². The van der Waals surface area contributed by atoms with E-state index in [1.54, 1.807) is 24.3 Å². The highest BCUT2D eigenvalue weighted by molar-refractivity contribution is 9.10. The first-order chi connectivity index (χ1) is 11.4. The van der Waals surface area contributed by atoms with Crippen molar-refractivity contribution in [1.82, 2.24) is 19.2 Å². The monoisotopic (exact) mass is 414 g/mol. The highest BCUT2D eigenvalue weighted by Crippen LogP contribution is 2.44. The highest BCUT2D eigenvalue weighted by atomic mass is 79.9. The number of hydrogen-bond acceptors (Lipinski definition) is 5. The first-order valence-electron chi connectivity index (χ1n) is 8.04. The topological polar surface area (TPSA) is 81.2 Å². The minimum absolute atomic E-state index is 0.00965. The van der Waals surface area contributed by atoms with Gasteiger partial charge >= 0.3 is 0 Å². The molecule has 0 radical (unpaired) electrons. The number of rotatable bonds is 3. The summed E-state index contributed by atoms with van der Waals surface area (Å²) in [6, 6.07) is 0.260. The largest absolute Gasteiger partial charge is 0.360 e. The first-order valence-corrected chi connectivity index (χ1v) is 10.3. The Hall–Kier alpha value is -1.19. The molecule has 0 aromatic carbocycles. The highest BCUT2D eigenvalue weighted by Gasteiger charge is 2.49. The normalized spacial score (nSPS) is 27.7. The van der Waals surface area contributed by atoms with Gasteiger partial charge in [0.1, 0.15) is 10.6 Å². The minimum Gasteiger partial charge on any atom is -0.360 e. The average molecular weight is 415 g/mol. The van der Waals surface area contributed by atoms with Gasteiger partial charge in [0.15, 0.2) is 5.76 Å². The molecule has 2 aliphatic heterocycles. The second-order valence-electron chi connectivity index (χ2n) is 6.64. The average Bonchev–Trinajstić information content (AvgIpc) is 3.17. The lowest BCUT2D eigenvalue weighted by molar-refractivity contribution is 0.184. The molecule has 24 heavy (non-hydrogen) atoms. The fourth-order valence-electron chi connectivity index (χ4n) is 4.18. The van der Waals surface area contributed by atoms with Crippen LogP contribution >= 0.6 is 15.9 Å². The van der Waals surface area contributed by atoms with Crippen LogP contribution < -0.4 is 0 Å². The molecule has 7 nitrogen and oxygen atoms in total. The molecule has 130 valence electrons. The standard InChI is InChI=1S/C15H19BrN4O3S/c1-9-15(10(2)23-18-9)24(21,22)20-12-3-4-13(20)6-14(5-12)19-8-11(16)7-17-19/h7-8,12-14H,3-6H2,1-2H3. The number of piperidine rings is 1. The Labute approximate surface area is 149 Å². The van der Waals surface area contributed by atoms with Crippen LogP contribution in [0.1, 0.15) is 43.2 Å². The number of halogens is 1. The molecule has 0 N–H and O–H groups in total. The third kappa shape index (κ3) is 2.44. The van der Waals surface area contributed by atoms with E-state index >= 15 is 0 Å². The lowest BCUT2D eigenvalue weighted by atomic mass is 10.00. The Balaban J connectivity index is 1.65. The lowest BCUT2D eigenvalue weighted by Gasteiger charge is -2.37. The van der Waals surface area contributed by atoms with Gasteiger partial charge in [-0.3, -0.25) is 4.68 Å². The van der Waals surface area contributed by atoms with Gasteiger partial charge in [0, 0.05) is 18.3 Å². The van der Waals surface area contributed by atoms with E-state index in [0.717, 1.165) is 30.2 Å². The van der Waals surface area contributed by atoms with E-state index in [9.17, 15) is 8.42 Å².